The average Bonchev–Trinajstić information content (AvgIpc) is 3.06. The SMILES string of the molecule is CC(CCCO)NC(=O)NC(c1ccc(F)cc1)C1CCCC1. The van der Waals surface area contributed by atoms with Gasteiger partial charge in [-0.25, -0.2) is 9.18 Å². The predicted octanol–water partition coefficient (Wildman–Crippen LogP) is 3.52. The summed E-state index contributed by atoms with van der Waals surface area (Å²) in [5.41, 5.74) is 0.955. The second kappa shape index (κ2) is 8.87. The largest absolute Gasteiger partial charge is 0.396 e. The number of carbonyl (C=O) groups excluding carboxylic acids is 1. The van der Waals surface area contributed by atoms with Gasteiger partial charge in [0.15, 0.2) is 0 Å². The second-order valence-corrected chi connectivity index (χ2v) is 6.46. The molecule has 1 aliphatic rings. The Hall–Kier alpha value is -1.62. The first-order valence-electron chi connectivity index (χ1n) is 8.53. The lowest BCUT2D eigenvalue weighted by Crippen LogP contribution is -2.44. The van der Waals surface area contributed by atoms with Gasteiger partial charge in [0.05, 0.1) is 6.04 Å². The molecule has 0 spiro atoms. The molecule has 0 saturated heterocycles. The van der Waals surface area contributed by atoms with Gasteiger partial charge < -0.3 is 15.7 Å². The van der Waals surface area contributed by atoms with E-state index in [0.717, 1.165) is 24.8 Å². The van der Waals surface area contributed by atoms with Gasteiger partial charge >= 0.3 is 6.03 Å². The van der Waals surface area contributed by atoms with Crippen LogP contribution in [-0.2, 0) is 0 Å². The number of urea groups is 1. The number of hydrogen-bond acceptors (Lipinski definition) is 2. The van der Waals surface area contributed by atoms with Crippen LogP contribution in [0.2, 0.25) is 0 Å². The number of rotatable bonds is 7. The number of aliphatic hydroxyl groups is 1. The fraction of sp³-hybridized carbons (Fsp3) is 0.611. The highest BCUT2D eigenvalue weighted by molar-refractivity contribution is 5.74. The van der Waals surface area contributed by atoms with Crippen molar-refractivity contribution in [1.29, 1.82) is 0 Å². The molecule has 2 atom stereocenters. The van der Waals surface area contributed by atoms with Gasteiger partial charge in [0.2, 0.25) is 0 Å². The van der Waals surface area contributed by atoms with E-state index in [1.165, 1.54) is 25.0 Å². The molecule has 0 radical (unpaired) electrons. The number of aliphatic hydroxyl groups excluding tert-OH is 1. The summed E-state index contributed by atoms with van der Waals surface area (Å²) in [5, 5.41) is 14.8. The molecule has 1 aromatic rings. The van der Waals surface area contributed by atoms with Gasteiger partial charge in [-0.3, -0.25) is 0 Å². The Balaban J connectivity index is 1.99. The van der Waals surface area contributed by atoms with Crippen molar-refractivity contribution in [3.8, 4) is 0 Å². The molecule has 23 heavy (non-hydrogen) atoms. The quantitative estimate of drug-likeness (QED) is 0.719. The Labute approximate surface area is 137 Å². The topological polar surface area (TPSA) is 61.4 Å². The Morgan fingerprint density at radius 3 is 2.52 bits per heavy atom. The second-order valence-electron chi connectivity index (χ2n) is 6.46. The summed E-state index contributed by atoms with van der Waals surface area (Å²) in [4.78, 5) is 12.3. The van der Waals surface area contributed by atoms with Gasteiger partial charge in [0, 0.05) is 12.6 Å². The lowest BCUT2D eigenvalue weighted by atomic mass is 9.91. The number of amides is 2. The molecule has 0 aromatic heterocycles. The van der Waals surface area contributed by atoms with Gasteiger partial charge in [-0.2, -0.15) is 0 Å². The first kappa shape index (κ1) is 17.7. The highest BCUT2D eigenvalue weighted by atomic mass is 19.1. The summed E-state index contributed by atoms with van der Waals surface area (Å²) in [7, 11) is 0. The van der Waals surface area contributed by atoms with Crippen LogP contribution in [0.25, 0.3) is 0 Å². The maximum absolute atomic E-state index is 13.2. The molecule has 1 fully saturated rings. The van der Waals surface area contributed by atoms with Crippen molar-refractivity contribution < 1.29 is 14.3 Å². The van der Waals surface area contributed by atoms with Crippen LogP contribution >= 0.6 is 0 Å². The van der Waals surface area contributed by atoms with Crippen molar-refractivity contribution in [2.75, 3.05) is 6.61 Å². The molecule has 4 nitrogen and oxygen atoms in total. The van der Waals surface area contributed by atoms with E-state index in [4.69, 9.17) is 5.11 Å². The van der Waals surface area contributed by atoms with Gasteiger partial charge in [0.25, 0.3) is 0 Å². The Morgan fingerprint density at radius 1 is 1.26 bits per heavy atom. The standard InChI is InChI=1S/C18H27FN2O2/c1-13(5-4-12-22)20-18(23)21-17(14-6-2-3-7-14)15-8-10-16(19)11-9-15/h8-11,13-14,17,22H,2-7,12H2,1H3,(H2,20,21,23). The molecule has 0 bridgehead atoms. The van der Waals surface area contributed by atoms with Crippen molar-refractivity contribution >= 4 is 6.03 Å². The van der Waals surface area contributed by atoms with Gasteiger partial charge in [-0.15, -0.1) is 0 Å². The molecular weight excluding hydrogens is 295 g/mol. The van der Waals surface area contributed by atoms with Crippen LogP contribution < -0.4 is 10.6 Å². The van der Waals surface area contributed by atoms with E-state index in [1.807, 2.05) is 6.92 Å². The lowest BCUT2D eigenvalue weighted by molar-refractivity contribution is 0.225. The smallest absolute Gasteiger partial charge is 0.315 e. The molecule has 1 aliphatic carbocycles. The van der Waals surface area contributed by atoms with Crippen LogP contribution in [0.3, 0.4) is 0 Å². The van der Waals surface area contributed by atoms with Crippen molar-refractivity contribution in [3.05, 3.63) is 35.6 Å². The predicted molar refractivity (Wildman–Crippen MR) is 88.5 cm³/mol. The molecule has 0 aliphatic heterocycles. The Morgan fingerprint density at radius 2 is 1.91 bits per heavy atom. The maximum Gasteiger partial charge on any atom is 0.315 e. The van der Waals surface area contributed by atoms with Crippen LogP contribution in [0.1, 0.15) is 57.1 Å². The first-order valence-corrected chi connectivity index (χ1v) is 8.53. The highest BCUT2D eigenvalue weighted by Crippen LogP contribution is 2.35. The third kappa shape index (κ3) is 5.50. The molecule has 2 rings (SSSR count). The number of benzene rings is 1. The number of halogens is 1. The summed E-state index contributed by atoms with van der Waals surface area (Å²) in [5.74, 6) is 0.139. The molecule has 3 N–H and O–H groups in total. The van der Waals surface area contributed by atoms with Crippen LogP contribution in [-0.4, -0.2) is 23.8 Å². The fourth-order valence-corrected chi connectivity index (χ4v) is 3.31. The van der Waals surface area contributed by atoms with E-state index in [9.17, 15) is 9.18 Å². The molecule has 1 aromatic carbocycles. The van der Waals surface area contributed by atoms with E-state index in [1.54, 1.807) is 12.1 Å². The first-order chi connectivity index (χ1) is 11.1. The Kier molecular flexibility index (Phi) is 6.84. The minimum atomic E-state index is -0.263. The van der Waals surface area contributed by atoms with Crippen LogP contribution in [0.5, 0.6) is 0 Å². The van der Waals surface area contributed by atoms with E-state index < -0.39 is 0 Å². The maximum atomic E-state index is 13.2. The molecule has 0 heterocycles. The van der Waals surface area contributed by atoms with E-state index >= 15 is 0 Å². The zero-order valence-electron chi connectivity index (χ0n) is 13.7. The van der Waals surface area contributed by atoms with Crippen molar-refractivity contribution in [2.45, 2.75) is 57.5 Å². The summed E-state index contributed by atoms with van der Waals surface area (Å²) in [6.45, 7) is 2.06. The van der Waals surface area contributed by atoms with E-state index in [-0.39, 0.29) is 30.5 Å². The number of nitrogens with one attached hydrogen (secondary N) is 2. The zero-order valence-corrected chi connectivity index (χ0v) is 13.7. The Bertz CT molecular complexity index is 486. The van der Waals surface area contributed by atoms with Gasteiger partial charge in [-0.05, 0) is 56.2 Å². The molecular formula is C18H27FN2O2. The van der Waals surface area contributed by atoms with E-state index in [0.29, 0.717) is 12.3 Å². The van der Waals surface area contributed by atoms with Crippen LogP contribution in [0.15, 0.2) is 24.3 Å². The fourth-order valence-electron chi connectivity index (χ4n) is 3.31. The highest BCUT2D eigenvalue weighted by Gasteiger charge is 2.28. The molecule has 5 heteroatoms. The number of carbonyl (C=O) groups is 1. The average molecular weight is 322 g/mol. The summed E-state index contributed by atoms with van der Waals surface area (Å²) < 4.78 is 13.2. The van der Waals surface area contributed by atoms with Crippen LogP contribution in [0.4, 0.5) is 9.18 Å². The lowest BCUT2D eigenvalue weighted by Gasteiger charge is -2.26. The molecule has 1 saturated carbocycles. The molecule has 2 unspecified atom stereocenters. The normalized spacial score (nSPS) is 17.7. The molecule has 128 valence electrons. The van der Waals surface area contributed by atoms with E-state index in [2.05, 4.69) is 10.6 Å². The third-order valence-corrected chi connectivity index (χ3v) is 4.56. The van der Waals surface area contributed by atoms with Crippen LogP contribution in [0, 0.1) is 11.7 Å². The molecule has 2 amide bonds. The zero-order chi connectivity index (χ0) is 16.7. The van der Waals surface area contributed by atoms with Crippen molar-refractivity contribution in [3.63, 3.8) is 0 Å². The monoisotopic (exact) mass is 322 g/mol. The van der Waals surface area contributed by atoms with Crippen molar-refractivity contribution in [2.24, 2.45) is 5.92 Å². The summed E-state index contributed by atoms with van der Waals surface area (Å²) >= 11 is 0. The van der Waals surface area contributed by atoms with Crippen molar-refractivity contribution in [1.82, 2.24) is 10.6 Å². The third-order valence-electron chi connectivity index (χ3n) is 4.56. The summed E-state index contributed by atoms with van der Waals surface area (Å²) in [6.07, 6.45) is 5.95. The number of hydrogen-bond donors (Lipinski definition) is 3. The van der Waals surface area contributed by atoms with Gasteiger partial charge in [0.1, 0.15) is 5.82 Å². The van der Waals surface area contributed by atoms with Gasteiger partial charge in [-0.1, -0.05) is 25.0 Å². The minimum Gasteiger partial charge on any atom is -0.396 e. The minimum absolute atomic E-state index is 0.0135. The summed E-state index contributed by atoms with van der Waals surface area (Å²) in [6, 6.07) is 6.14.